The molecule has 1 aromatic carbocycles. The maximum Gasteiger partial charge on any atom is 0.0488 e. The molecule has 2 nitrogen and oxygen atoms in total. The Balaban J connectivity index is 2.30. The summed E-state index contributed by atoms with van der Waals surface area (Å²) in [5.41, 5.74) is 7.18. The first-order valence-electron chi connectivity index (χ1n) is 6.86. The van der Waals surface area contributed by atoms with E-state index in [-0.39, 0.29) is 0 Å². The van der Waals surface area contributed by atoms with Gasteiger partial charge in [-0.25, -0.2) is 0 Å². The van der Waals surface area contributed by atoms with Crippen molar-refractivity contribution in [1.29, 1.82) is 0 Å². The van der Waals surface area contributed by atoms with E-state index in [0.717, 1.165) is 13.1 Å². The van der Waals surface area contributed by atoms with Crippen LogP contribution >= 0.6 is 0 Å². The van der Waals surface area contributed by atoms with Crippen LogP contribution in [0.3, 0.4) is 0 Å². The van der Waals surface area contributed by atoms with Gasteiger partial charge in [0.15, 0.2) is 0 Å². The third-order valence-electron chi connectivity index (χ3n) is 4.39. The van der Waals surface area contributed by atoms with Crippen LogP contribution in [0.15, 0.2) is 12.1 Å². The zero-order valence-corrected chi connectivity index (χ0v) is 11.8. The Morgan fingerprint density at radius 2 is 2.00 bits per heavy atom. The second kappa shape index (κ2) is 4.13. The lowest BCUT2D eigenvalue weighted by Gasteiger charge is -2.12. The second-order valence-electron chi connectivity index (χ2n) is 5.73. The van der Waals surface area contributed by atoms with E-state index in [4.69, 9.17) is 0 Å². The lowest BCUT2D eigenvalue weighted by Crippen LogP contribution is -2.11. The van der Waals surface area contributed by atoms with E-state index in [1.165, 1.54) is 39.7 Å². The monoisotopic (exact) mass is 242 g/mol. The van der Waals surface area contributed by atoms with Gasteiger partial charge in [0.1, 0.15) is 0 Å². The molecule has 1 aromatic heterocycles. The Bertz CT molecular complexity index is 601. The molecule has 0 aliphatic carbocycles. The predicted molar refractivity (Wildman–Crippen MR) is 77.4 cm³/mol. The van der Waals surface area contributed by atoms with Gasteiger partial charge in [0, 0.05) is 36.1 Å². The van der Waals surface area contributed by atoms with Crippen LogP contribution in [-0.4, -0.2) is 17.7 Å². The Kier molecular flexibility index (Phi) is 2.70. The molecule has 1 atom stereocenters. The van der Waals surface area contributed by atoms with Gasteiger partial charge in [-0.3, -0.25) is 0 Å². The summed E-state index contributed by atoms with van der Waals surface area (Å²) < 4.78 is 2.42. The molecule has 0 saturated carbocycles. The molecule has 1 N–H and O–H groups in total. The smallest absolute Gasteiger partial charge is 0.0488 e. The Morgan fingerprint density at radius 3 is 2.67 bits per heavy atom. The lowest BCUT2D eigenvalue weighted by atomic mass is 9.98. The summed E-state index contributed by atoms with van der Waals surface area (Å²) in [6.45, 7) is 9.00. The third-order valence-corrected chi connectivity index (χ3v) is 4.39. The molecular formula is C16H22N2. The number of nitrogens with zero attached hydrogens (tertiary/aromatic N) is 1. The van der Waals surface area contributed by atoms with E-state index < -0.39 is 0 Å². The standard InChI is InChI=1S/C16H22N2/c1-10-7-11(2)15-12(3)16(13-5-6-17-9-13)18(4)14(15)8-10/h7-8,13,17H,5-6,9H2,1-4H3. The minimum atomic E-state index is 0.683. The summed E-state index contributed by atoms with van der Waals surface area (Å²) in [6, 6.07) is 4.62. The van der Waals surface area contributed by atoms with Crippen LogP contribution in [0.25, 0.3) is 10.9 Å². The highest BCUT2D eigenvalue weighted by molar-refractivity contribution is 5.89. The molecule has 2 aromatic rings. The molecule has 1 saturated heterocycles. The van der Waals surface area contributed by atoms with Crippen LogP contribution < -0.4 is 5.32 Å². The molecule has 1 fully saturated rings. The first-order valence-corrected chi connectivity index (χ1v) is 6.86. The SMILES string of the molecule is Cc1cc(C)c2c(C)c(C3CCNC3)n(C)c2c1. The fraction of sp³-hybridized carbons (Fsp3) is 0.500. The Hall–Kier alpha value is -1.28. The molecule has 1 aliphatic heterocycles. The van der Waals surface area contributed by atoms with Crippen molar-refractivity contribution in [3.8, 4) is 0 Å². The third kappa shape index (κ3) is 1.59. The van der Waals surface area contributed by atoms with Crippen molar-refractivity contribution in [2.45, 2.75) is 33.1 Å². The highest BCUT2D eigenvalue weighted by Gasteiger charge is 2.24. The van der Waals surface area contributed by atoms with E-state index >= 15 is 0 Å². The first-order chi connectivity index (χ1) is 8.59. The average Bonchev–Trinajstić information content (AvgIpc) is 2.87. The predicted octanol–water partition coefficient (Wildman–Crippen LogP) is 3.18. The van der Waals surface area contributed by atoms with Gasteiger partial charge >= 0.3 is 0 Å². The van der Waals surface area contributed by atoms with E-state index in [0.29, 0.717) is 5.92 Å². The van der Waals surface area contributed by atoms with Crippen molar-refractivity contribution < 1.29 is 0 Å². The van der Waals surface area contributed by atoms with Crippen molar-refractivity contribution >= 4 is 10.9 Å². The molecule has 1 unspecified atom stereocenters. The summed E-state index contributed by atoms with van der Waals surface area (Å²) in [5, 5.41) is 4.95. The van der Waals surface area contributed by atoms with E-state index in [2.05, 4.69) is 49.8 Å². The zero-order chi connectivity index (χ0) is 12.9. The summed E-state index contributed by atoms with van der Waals surface area (Å²) >= 11 is 0. The number of nitrogens with one attached hydrogen (secondary N) is 1. The molecular weight excluding hydrogens is 220 g/mol. The Morgan fingerprint density at radius 1 is 1.22 bits per heavy atom. The van der Waals surface area contributed by atoms with Crippen molar-refractivity contribution in [3.63, 3.8) is 0 Å². The number of benzene rings is 1. The molecule has 18 heavy (non-hydrogen) atoms. The van der Waals surface area contributed by atoms with E-state index in [1.807, 2.05) is 0 Å². The van der Waals surface area contributed by atoms with Gasteiger partial charge in [-0.15, -0.1) is 0 Å². The molecule has 2 heterocycles. The van der Waals surface area contributed by atoms with Crippen molar-refractivity contribution in [2.75, 3.05) is 13.1 Å². The van der Waals surface area contributed by atoms with Crippen molar-refractivity contribution in [2.24, 2.45) is 7.05 Å². The highest BCUT2D eigenvalue weighted by Crippen LogP contribution is 2.34. The van der Waals surface area contributed by atoms with Crippen LogP contribution in [0.1, 0.15) is 34.7 Å². The normalized spacial score (nSPS) is 19.9. The highest BCUT2D eigenvalue weighted by atomic mass is 15.0. The van der Waals surface area contributed by atoms with E-state index in [1.54, 1.807) is 0 Å². The summed E-state index contributed by atoms with van der Waals surface area (Å²) in [6.07, 6.45) is 1.27. The maximum atomic E-state index is 3.48. The van der Waals surface area contributed by atoms with Gasteiger partial charge in [0.25, 0.3) is 0 Å². The quantitative estimate of drug-likeness (QED) is 0.812. The van der Waals surface area contributed by atoms with Crippen molar-refractivity contribution in [1.82, 2.24) is 9.88 Å². The average molecular weight is 242 g/mol. The minimum absolute atomic E-state index is 0.683. The fourth-order valence-electron chi connectivity index (χ4n) is 3.68. The van der Waals surface area contributed by atoms with Gasteiger partial charge in [0.05, 0.1) is 0 Å². The number of rotatable bonds is 1. The van der Waals surface area contributed by atoms with Gasteiger partial charge in [-0.1, -0.05) is 6.07 Å². The van der Waals surface area contributed by atoms with Crippen LogP contribution in [0.4, 0.5) is 0 Å². The van der Waals surface area contributed by atoms with Crippen molar-refractivity contribution in [3.05, 3.63) is 34.5 Å². The molecule has 96 valence electrons. The van der Waals surface area contributed by atoms with Gasteiger partial charge in [-0.05, 0) is 56.5 Å². The minimum Gasteiger partial charge on any atom is -0.347 e. The van der Waals surface area contributed by atoms with Crippen LogP contribution in [0, 0.1) is 20.8 Å². The van der Waals surface area contributed by atoms with Crippen LogP contribution in [-0.2, 0) is 7.05 Å². The molecule has 1 aliphatic rings. The summed E-state index contributed by atoms with van der Waals surface area (Å²) in [7, 11) is 2.22. The molecule has 2 heteroatoms. The number of fused-ring (bicyclic) bond motifs is 1. The number of hydrogen-bond donors (Lipinski definition) is 1. The maximum absolute atomic E-state index is 3.48. The Labute approximate surface area is 109 Å². The molecule has 0 bridgehead atoms. The summed E-state index contributed by atoms with van der Waals surface area (Å²) in [4.78, 5) is 0. The molecule has 0 radical (unpaired) electrons. The van der Waals surface area contributed by atoms with Crippen LogP contribution in [0.2, 0.25) is 0 Å². The summed E-state index contributed by atoms with van der Waals surface area (Å²) in [5.74, 6) is 0.683. The topological polar surface area (TPSA) is 17.0 Å². The van der Waals surface area contributed by atoms with Gasteiger partial charge < -0.3 is 9.88 Å². The van der Waals surface area contributed by atoms with E-state index in [9.17, 15) is 0 Å². The largest absolute Gasteiger partial charge is 0.347 e. The second-order valence-corrected chi connectivity index (χ2v) is 5.73. The number of aromatic nitrogens is 1. The number of hydrogen-bond acceptors (Lipinski definition) is 1. The fourth-order valence-corrected chi connectivity index (χ4v) is 3.68. The molecule has 3 rings (SSSR count). The first kappa shape index (κ1) is 11.8. The number of aryl methyl sites for hydroxylation is 4. The molecule has 0 amide bonds. The van der Waals surface area contributed by atoms with Gasteiger partial charge in [0.2, 0.25) is 0 Å². The van der Waals surface area contributed by atoms with Gasteiger partial charge in [-0.2, -0.15) is 0 Å². The molecule has 0 spiro atoms. The zero-order valence-electron chi connectivity index (χ0n) is 11.8. The van der Waals surface area contributed by atoms with Crippen LogP contribution in [0.5, 0.6) is 0 Å². The lowest BCUT2D eigenvalue weighted by molar-refractivity contribution is 0.688.